The van der Waals surface area contributed by atoms with E-state index in [0.29, 0.717) is 29.9 Å². The van der Waals surface area contributed by atoms with Gasteiger partial charge in [-0.1, -0.05) is 0 Å². The Kier molecular flexibility index (Phi) is 1.97. The molecular formula is C11H9NO2. The van der Waals surface area contributed by atoms with Crippen LogP contribution >= 0.6 is 0 Å². The van der Waals surface area contributed by atoms with Crippen LogP contribution in [0.1, 0.15) is 27.9 Å². The minimum atomic E-state index is 0.0615. The van der Waals surface area contributed by atoms with E-state index in [1.165, 1.54) is 0 Å². The second-order valence-electron chi connectivity index (χ2n) is 3.30. The lowest BCUT2D eigenvalue weighted by atomic mass is 9.99. The fourth-order valence-electron chi connectivity index (χ4n) is 1.62. The Morgan fingerprint density at radius 3 is 3.00 bits per heavy atom. The number of fused-ring (bicyclic) bond motifs is 1. The fourth-order valence-corrected chi connectivity index (χ4v) is 1.62. The molecule has 0 unspecified atom stereocenters. The summed E-state index contributed by atoms with van der Waals surface area (Å²) in [5.41, 5.74) is 1.92. The van der Waals surface area contributed by atoms with E-state index >= 15 is 0 Å². The minimum Gasteiger partial charge on any atom is -0.492 e. The Labute approximate surface area is 81.9 Å². The van der Waals surface area contributed by atoms with Gasteiger partial charge < -0.3 is 4.74 Å². The van der Waals surface area contributed by atoms with E-state index in [1.54, 1.807) is 12.1 Å². The summed E-state index contributed by atoms with van der Waals surface area (Å²) in [6.07, 6.45) is 0.404. The van der Waals surface area contributed by atoms with Crippen LogP contribution in [0.5, 0.6) is 5.75 Å². The van der Waals surface area contributed by atoms with Crippen molar-refractivity contribution in [2.24, 2.45) is 0 Å². The third-order valence-corrected chi connectivity index (χ3v) is 2.28. The zero-order chi connectivity index (χ0) is 10.1. The summed E-state index contributed by atoms with van der Waals surface area (Å²) in [5.74, 6) is 0.701. The van der Waals surface area contributed by atoms with E-state index in [1.807, 2.05) is 13.0 Å². The van der Waals surface area contributed by atoms with Crippen molar-refractivity contribution in [2.45, 2.75) is 13.3 Å². The third-order valence-electron chi connectivity index (χ3n) is 2.28. The minimum absolute atomic E-state index is 0.0615. The molecule has 0 fully saturated rings. The van der Waals surface area contributed by atoms with E-state index in [9.17, 15) is 4.79 Å². The van der Waals surface area contributed by atoms with Crippen LogP contribution in [-0.4, -0.2) is 12.4 Å². The first-order chi connectivity index (χ1) is 6.72. The van der Waals surface area contributed by atoms with Crippen LogP contribution in [-0.2, 0) is 0 Å². The Morgan fingerprint density at radius 2 is 2.29 bits per heavy atom. The van der Waals surface area contributed by atoms with E-state index in [2.05, 4.69) is 0 Å². The molecule has 1 aromatic carbocycles. The molecule has 0 N–H and O–H groups in total. The first-order valence-electron chi connectivity index (χ1n) is 4.43. The van der Waals surface area contributed by atoms with Crippen LogP contribution in [0, 0.1) is 18.3 Å². The van der Waals surface area contributed by atoms with Crippen molar-refractivity contribution in [1.82, 2.24) is 0 Å². The summed E-state index contributed by atoms with van der Waals surface area (Å²) >= 11 is 0. The molecule has 0 spiro atoms. The van der Waals surface area contributed by atoms with Crippen LogP contribution in [0.15, 0.2) is 12.1 Å². The number of ether oxygens (including phenoxy) is 1. The summed E-state index contributed by atoms with van der Waals surface area (Å²) in [7, 11) is 0. The van der Waals surface area contributed by atoms with Crippen molar-refractivity contribution in [3.8, 4) is 11.8 Å². The highest BCUT2D eigenvalue weighted by molar-refractivity contribution is 6.00. The molecule has 0 saturated carbocycles. The van der Waals surface area contributed by atoms with E-state index in [-0.39, 0.29) is 5.78 Å². The zero-order valence-corrected chi connectivity index (χ0v) is 7.83. The van der Waals surface area contributed by atoms with E-state index in [0.717, 1.165) is 5.56 Å². The van der Waals surface area contributed by atoms with Gasteiger partial charge in [-0.05, 0) is 24.6 Å². The van der Waals surface area contributed by atoms with Crippen molar-refractivity contribution in [3.63, 3.8) is 0 Å². The van der Waals surface area contributed by atoms with E-state index in [4.69, 9.17) is 10.00 Å². The number of ketones is 1. The van der Waals surface area contributed by atoms with Gasteiger partial charge in [0.05, 0.1) is 23.8 Å². The molecule has 3 heteroatoms. The molecule has 0 saturated heterocycles. The van der Waals surface area contributed by atoms with Crippen LogP contribution in [0.4, 0.5) is 0 Å². The highest BCUT2D eigenvalue weighted by Gasteiger charge is 2.20. The maximum absolute atomic E-state index is 11.5. The van der Waals surface area contributed by atoms with Gasteiger partial charge in [-0.25, -0.2) is 0 Å². The van der Waals surface area contributed by atoms with Gasteiger partial charge >= 0.3 is 0 Å². The first kappa shape index (κ1) is 8.76. The average Bonchev–Trinajstić information content (AvgIpc) is 2.19. The van der Waals surface area contributed by atoms with E-state index < -0.39 is 0 Å². The molecule has 0 aliphatic carbocycles. The average molecular weight is 187 g/mol. The summed E-state index contributed by atoms with van der Waals surface area (Å²) in [5, 5.41) is 8.75. The third kappa shape index (κ3) is 1.25. The summed E-state index contributed by atoms with van der Waals surface area (Å²) in [4.78, 5) is 11.5. The number of Topliss-reactive ketones (excluding diaryl/α,β-unsaturated/α-hetero) is 1. The van der Waals surface area contributed by atoms with Gasteiger partial charge in [0.25, 0.3) is 0 Å². The molecule has 2 rings (SSSR count). The summed E-state index contributed by atoms with van der Waals surface area (Å²) in [6.45, 7) is 2.29. The van der Waals surface area contributed by atoms with Gasteiger partial charge in [-0.3, -0.25) is 4.79 Å². The second-order valence-corrected chi connectivity index (χ2v) is 3.30. The number of rotatable bonds is 0. The molecule has 0 bridgehead atoms. The van der Waals surface area contributed by atoms with Crippen molar-refractivity contribution < 1.29 is 9.53 Å². The lowest BCUT2D eigenvalue weighted by Gasteiger charge is -2.18. The summed E-state index contributed by atoms with van der Waals surface area (Å²) in [6, 6.07) is 5.37. The quantitative estimate of drug-likeness (QED) is 0.622. The molecule has 0 amide bonds. The number of hydrogen-bond donors (Lipinski definition) is 0. The highest BCUT2D eigenvalue weighted by Crippen LogP contribution is 2.29. The number of hydrogen-bond acceptors (Lipinski definition) is 3. The van der Waals surface area contributed by atoms with Crippen LogP contribution < -0.4 is 4.74 Å². The molecule has 14 heavy (non-hydrogen) atoms. The Balaban J connectivity index is 2.64. The topological polar surface area (TPSA) is 50.1 Å². The maximum Gasteiger partial charge on any atom is 0.170 e. The number of nitrogens with zero attached hydrogens (tertiary/aromatic N) is 1. The molecule has 1 heterocycles. The van der Waals surface area contributed by atoms with Gasteiger partial charge in [0.15, 0.2) is 5.78 Å². The molecule has 0 radical (unpaired) electrons. The van der Waals surface area contributed by atoms with Gasteiger partial charge in [0.2, 0.25) is 0 Å². The first-order valence-corrected chi connectivity index (χ1v) is 4.43. The Morgan fingerprint density at radius 1 is 1.50 bits per heavy atom. The number of aryl methyl sites for hydroxylation is 1. The van der Waals surface area contributed by atoms with Crippen molar-refractivity contribution >= 4 is 5.78 Å². The zero-order valence-electron chi connectivity index (χ0n) is 7.83. The lowest BCUT2D eigenvalue weighted by molar-refractivity contribution is 0.0933. The lowest BCUT2D eigenvalue weighted by Crippen LogP contribution is -2.16. The molecular weight excluding hydrogens is 178 g/mol. The molecule has 3 nitrogen and oxygen atoms in total. The maximum atomic E-state index is 11.5. The van der Waals surface area contributed by atoms with Gasteiger partial charge in [-0.15, -0.1) is 0 Å². The second kappa shape index (κ2) is 3.15. The Hall–Kier alpha value is -1.82. The standard InChI is InChI=1S/C11H9NO2/c1-7-4-8(6-12)5-9-10(13)2-3-14-11(7)9/h4-5H,2-3H2,1H3. The summed E-state index contributed by atoms with van der Waals surface area (Å²) < 4.78 is 5.39. The van der Waals surface area contributed by atoms with Crippen molar-refractivity contribution in [3.05, 3.63) is 28.8 Å². The molecule has 1 aliphatic heterocycles. The molecule has 0 atom stereocenters. The smallest absolute Gasteiger partial charge is 0.170 e. The molecule has 0 aromatic heterocycles. The molecule has 1 aromatic rings. The predicted octanol–water partition coefficient (Wildman–Crippen LogP) is 1.83. The van der Waals surface area contributed by atoms with Crippen molar-refractivity contribution in [2.75, 3.05) is 6.61 Å². The number of carbonyl (C=O) groups is 1. The SMILES string of the molecule is Cc1cc(C#N)cc2c1OCCC2=O. The van der Waals surface area contributed by atoms with Gasteiger partial charge in [0.1, 0.15) is 5.75 Å². The monoisotopic (exact) mass is 187 g/mol. The Bertz CT molecular complexity index is 443. The normalized spacial score (nSPS) is 14.1. The largest absolute Gasteiger partial charge is 0.492 e. The van der Waals surface area contributed by atoms with Crippen LogP contribution in [0.25, 0.3) is 0 Å². The van der Waals surface area contributed by atoms with Gasteiger partial charge in [-0.2, -0.15) is 5.26 Å². The molecule has 1 aliphatic rings. The van der Waals surface area contributed by atoms with Gasteiger partial charge in [0, 0.05) is 6.42 Å². The number of benzene rings is 1. The van der Waals surface area contributed by atoms with Crippen LogP contribution in [0.2, 0.25) is 0 Å². The highest BCUT2D eigenvalue weighted by atomic mass is 16.5. The fraction of sp³-hybridized carbons (Fsp3) is 0.273. The molecule has 70 valence electrons. The number of carbonyl (C=O) groups excluding carboxylic acids is 1. The predicted molar refractivity (Wildman–Crippen MR) is 50.3 cm³/mol. The van der Waals surface area contributed by atoms with Crippen LogP contribution in [0.3, 0.4) is 0 Å². The van der Waals surface area contributed by atoms with Crippen molar-refractivity contribution in [1.29, 1.82) is 5.26 Å². The number of nitriles is 1.